The van der Waals surface area contributed by atoms with Crippen molar-refractivity contribution in [2.24, 2.45) is 5.92 Å². The van der Waals surface area contributed by atoms with E-state index in [4.69, 9.17) is 4.74 Å². The van der Waals surface area contributed by atoms with Crippen LogP contribution in [0.5, 0.6) is 0 Å². The molecule has 1 aliphatic carbocycles. The number of hydrogen-bond donors (Lipinski definition) is 1. The molecule has 1 amide bonds. The topological polar surface area (TPSA) is 55.4 Å². The van der Waals surface area contributed by atoms with Crippen molar-refractivity contribution >= 4 is 11.9 Å². The van der Waals surface area contributed by atoms with Gasteiger partial charge in [0.1, 0.15) is 0 Å². The molecular weight excluding hydrogens is 242 g/mol. The second kappa shape index (κ2) is 6.18. The fourth-order valence-corrected chi connectivity index (χ4v) is 2.12. The fraction of sp³-hybridized carbons (Fsp3) is 0.333. The maximum atomic E-state index is 12.0. The Labute approximate surface area is 112 Å². The largest absolute Gasteiger partial charge is 0.466 e. The zero-order chi connectivity index (χ0) is 13.7. The van der Waals surface area contributed by atoms with Gasteiger partial charge in [-0.05, 0) is 25.5 Å². The van der Waals surface area contributed by atoms with Crippen molar-refractivity contribution in [1.29, 1.82) is 0 Å². The van der Waals surface area contributed by atoms with Gasteiger partial charge in [-0.2, -0.15) is 0 Å². The van der Waals surface area contributed by atoms with Crippen LogP contribution in [0.4, 0.5) is 0 Å². The van der Waals surface area contributed by atoms with Crippen molar-refractivity contribution in [2.45, 2.75) is 19.4 Å². The highest BCUT2D eigenvalue weighted by atomic mass is 16.5. The second-order valence-corrected chi connectivity index (χ2v) is 4.39. The van der Waals surface area contributed by atoms with Crippen LogP contribution in [0.1, 0.15) is 23.7 Å². The molecule has 4 nitrogen and oxygen atoms in total. The normalized spacial score (nSPS) is 21.1. The molecule has 0 bridgehead atoms. The first-order valence-corrected chi connectivity index (χ1v) is 6.41. The number of allylic oxidation sites excluding steroid dienone is 1. The van der Waals surface area contributed by atoms with Crippen molar-refractivity contribution in [3.05, 3.63) is 48.0 Å². The van der Waals surface area contributed by atoms with E-state index in [0.717, 1.165) is 0 Å². The third-order valence-electron chi connectivity index (χ3n) is 3.09. The number of hydrogen-bond acceptors (Lipinski definition) is 3. The Balaban J connectivity index is 2.00. The van der Waals surface area contributed by atoms with Gasteiger partial charge in [0.05, 0.1) is 18.6 Å². The molecule has 0 saturated carbocycles. The lowest BCUT2D eigenvalue weighted by atomic mass is 10.0. The Kier molecular flexibility index (Phi) is 4.34. The van der Waals surface area contributed by atoms with Crippen LogP contribution in [0, 0.1) is 5.92 Å². The zero-order valence-corrected chi connectivity index (χ0v) is 10.8. The third-order valence-corrected chi connectivity index (χ3v) is 3.09. The minimum absolute atomic E-state index is 0.175. The molecule has 0 fully saturated rings. The molecule has 1 aliphatic rings. The summed E-state index contributed by atoms with van der Waals surface area (Å²) in [6.45, 7) is 2.13. The summed E-state index contributed by atoms with van der Waals surface area (Å²) in [4.78, 5) is 23.8. The van der Waals surface area contributed by atoms with Gasteiger partial charge in [-0.15, -0.1) is 0 Å². The summed E-state index contributed by atoms with van der Waals surface area (Å²) >= 11 is 0. The summed E-state index contributed by atoms with van der Waals surface area (Å²) < 4.78 is 5.01. The zero-order valence-electron chi connectivity index (χ0n) is 10.8. The molecule has 1 aromatic rings. The smallest absolute Gasteiger partial charge is 0.311 e. The van der Waals surface area contributed by atoms with Crippen LogP contribution in [0.3, 0.4) is 0 Å². The van der Waals surface area contributed by atoms with Gasteiger partial charge in [0.25, 0.3) is 5.91 Å². The van der Waals surface area contributed by atoms with Crippen molar-refractivity contribution in [3.8, 4) is 0 Å². The first kappa shape index (κ1) is 13.3. The van der Waals surface area contributed by atoms with Crippen LogP contribution < -0.4 is 5.32 Å². The standard InChI is InChI=1S/C15H17NO3/c1-2-19-15(18)12-9-6-10-13(12)16-14(17)11-7-4-3-5-8-11/h3-8,10,12-13H,2,9H2,1H3,(H,16,17)/t12-,13-/m0/s1. The predicted octanol–water partition coefficient (Wildman–Crippen LogP) is 1.92. The number of benzene rings is 1. The van der Waals surface area contributed by atoms with Gasteiger partial charge in [-0.3, -0.25) is 9.59 Å². The highest BCUT2D eigenvalue weighted by Gasteiger charge is 2.31. The average Bonchev–Trinajstić information content (AvgIpc) is 2.88. The van der Waals surface area contributed by atoms with E-state index in [1.54, 1.807) is 19.1 Å². The molecule has 19 heavy (non-hydrogen) atoms. The average molecular weight is 259 g/mol. The molecule has 0 unspecified atom stereocenters. The first-order valence-electron chi connectivity index (χ1n) is 6.41. The van der Waals surface area contributed by atoms with E-state index in [1.807, 2.05) is 30.4 Å². The minimum Gasteiger partial charge on any atom is -0.466 e. The lowest BCUT2D eigenvalue weighted by molar-refractivity contribution is -0.148. The number of esters is 1. The Bertz CT molecular complexity index is 481. The Hall–Kier alpha value is -2.10. The van der Waals surface area contributed by atoms with E-state index < -0.39 is 0 Å². The number of rotatable bonds is 4. The van der Waals surface area contributed by atoms with Crippen LogP contribution in [-0.4, -0.2) is 24.5 Å². The molecule has 0 spiro atoms. The van der Waals surface area contributed by atoms with Gasteiger partial charge in [-0.25, -0.2) is 0 Å². The lowest BCUT2D eigenvalue weighted by Gasteiger charge is -2.19. The molecule has 4 heteroatoms. The van der Waals surface area contributed by atoms with E-state index in [1.165, 1.54) is 0 Å². The molecule has 1 N–H and O–H groups in total. The highest BCUT2D eigenvalue weighted by Crippen LogP contribution is 2.20. The monoisotopic (exact) mass is 259 g/mol. The molecule has 0 saturated heterocycles. The van der Waals surface area contributed by atoms with Crippen molar-refractivity contribution < 1.29 is 14.3 Å². The quantitative estimate of drug-likeness (QED) is 0.664. The molecule has 0 heterocycles. The predicted molar refractivity (Wildman–Crippen MR) is 71.6 cm³/mol. The SMILES string of the molecule is CCOC(=O)[C@H]1CC=C[C@@H]1NC(=O)c1ccccc1. The van der Waals surface area contributed by atoms with Crippen LogP contribution in [0.2, 0.25) is 0 Å². The molecule has 0 radical (unpaired) electrons. The summed E-state index contributed by atoms with van der Waals surface area (Å²) in [7, 11) is 0. The summed E-state index contributed by atoms with van der Waals surface area (Å²) in [5, 5.41) is 2.86. The van der Waals surface area contributed by atoms with E-state index in [9.17, 15) is 9.59 Å². The Morgan fingerprint density at radius 2 is 2.05 bits per heavy atom. The van der Waals surface area contributed by atoms with Gasteiger partial charge >= 0.3 is 5.97 Å². The number of nitrogens with one attached hydrogen (secondary N) is 1. The highest BCUT2D eigenvalue weighted by molar-refractivity contribution is 5.94. The van der Waals surface area contributed by atoms with E-state index >= 15 is 0 Å². The van der Waals surface area contributed by atoms with Crippen LogP contribution in [0.25, 0.3) is 0 Å². The number of ether oxygens (including phenoxy) is 1. The number of carbonyl (C=O) groups excluding carboxylic acids is 2. The molecule has 1 aromatic carbocycles. The van der Waals surface area contributed by atoms with Crippen LogP contribution >= 0.6 is 0 Å². The first-order chi connectivity index (χ1) is 9.22. The van der Waals surface area contributed by atoms with Gasteiger partial charge in [0, 0.05) is 5.56 Å². The molecule has 100 valence electrons. The van der Waals surface area contributed by atoms with Crippen molar-refractivity contribution in [1.82, 2.24) is 5.32 Å². The summed E-state index contributed by atoms with van der Waals surface area (Å²) in [6, 6.07) is 8.67. The second-order valence-electron chi connectivity index (χ2n) is 4.39. The van der Waals surface area contributed by atoms with E-state index in [0.29, 0.717) is 18.6 Å². The van der Waals surface area contributed by atoms with Gasteiger partial charge in [0.2, 0.25) is 0 Å². The van der Waals surface area contributed by atoms with Crippen LogP contribution in [0.15, 0.2) is 42.5 Å². The van der Waals surface area contributed by atoms with Crippen molar-refractivity contribution in [2.75, 3.05) is 6.61 Å². The minimum atomic E-state index is -0.312. The van der Waals surface area contributed by atoms with Gasteiger partial charge < -0.3 is 10.1 Å². The lowest BCUT2D eigenvalue weighted by Crippen LogP contribution is -2.40. The molecule has 2 rings (SSSR count). The molecule has 0 aliphatic heterocycles. The van der Waals surface area contributed by atoms with Gasteiger partial charge in [0.15, 0.2) is 0 Å². The Morgan fingerprint density at radius 1 is 1.32 bits per heavy atom. The molecule has 2 atom stereocenters. The fourth-order valence-electron chi connectivity index (χ4n) is 2.12. The maximum Gasteiger partial charge on any atom is 0.311 e. The molecular formula is C15H17NO3. The third kappa shape index (κ3) is 3.22. The summed E-state index contributed by atoms with van der Waals surface area (Å²) in [5.41, 5.74) is 0.588. The van der Waals surface area contributed by atoms with Crippen LogP contribution in [-0.2, 0) is 9.53 Å². The molecule has 0 aromatic heterocycles. The summed E-state index contributed by atoms with van der Waals surface area (Å²) in [5.74, 6) is -0.745. The number of carbonyl (C=O) groups is 2. The summed E-state index contributed by atoms with van der Waals surface area (Å²) in [6.07, 6.45) is 4.36. The van der Waals surface area contributed by atoms with Crippen molar-refractivity contribution in [3.63, 3.8) is 0 Å². The maximum absolute atomic E-state index is 12.0. The Morgan fingerprint density at radius 3 is 2.74 bits per heavy atom. The number of amides is 1. The van der Waals surface area contributed by atoms with E-state index in [2.05, 4.69) is 5.32 Å². The van der Waals surface area contributed by atoms with E-state index in [-0.39, 0.29) is 23.8 Å². The van der Waals surface area contributed by atoms with Gasteiger partial charge in [-0.1, -0.05) is 30.4 Å².